The van der Waals surface area contributed by atoms with Crippen molar-refractivity contribution in [3.63, 3.8) is 0 Å². The first-order valence-corrected chi connectivity index (χ1v) is 6.00. The predicted octanol–water partition coefficient (Wildman–Crippen LogP) is -0.670. The molecule has 0 heterocycles. The zero-order chi connectivity index (χ0) is 15.2. The van der Waals surface area contributed by atoms with Crippen LogP contribution in [0.4, 0.5) is 0 Å². The third-order valence-electron chi connectivity index (χ3n) is 2.03. The van der Waals surface area contributed by atoms with Crippen molar-refractivity contribution in [1.82, 2.24) is 10.6 Å². The zero-order valence-corrected chi connectivity index (χ0v) is 11.9. The van der Waals surface area contributed by atoms with Gasteiger partial charge in [0, 0.05) is 0 Å². The lowest BCUT2D eigenvalue weighted by atomic mass is 10.2. The number of aliphatic hydroxyl groups excluding tert-OH is 1. The van der Waals surface area contributed by atoms with Crippen molar-refractivity contribution in [3.05, 3.63) is 0 Å². The molecule has 0 rings (SSSR count). The summed E-state index contributed by atoms with van der Waals surface area (Å²) < 4.78 is 5.10. The van der Waals surface area contributed by atoms with Crippen molar-refractivity contribution < 1.29 is 24.2 Å². The zero-order valence-electron chi connectivity index (χ0n) is 11.9. The molecule has 7 nitrogen and oxygen atoms in total. The Balaban J connectivity index is 4.32. The van der Waals surface area contributed by atoms with Crippen molar-refractivity contribution in [3.8, 4) is 0 Å². The number of ether oxygens (including phenoxy) is 1. The molecule has 0 aliphatic heterocycles. The van der Waals surface area contributed by atoms with Crippen LogP contribution in [-0.2, 0) is 19.1 Å². The van der Waals surface area contributed by atoms with E-state index in [9.17, 15) is 14.4 Å². The molecule has 0 aliphatic rings. The summed E-state index contributed by atoms with van der Waals surface area (Å²) >= 11 is 0. The highest BCUT2D eigenvalue weighted by molar-refractivity contribution is 5.90. The van der Waals surface area contributed by atoms with Gasteiger partial charge in [0.1, 0.15) is 24.3 Å². The summed E-state index contributed by atoms with van der Waals surface area (Å²) in [4.78, 5) is 34.2. The largest absolute Gasteiger partial charge is 0.458 e. The molecule has 0 aromatic heterocycles. The van der Waals surface area contributed by atoms with Crippen LogP contribution in [0.2, 0.25) is 0 Å². The molecule has 2 atom stereocenters. The molecule has 0 bridgehead atoms. The van der Waals surface area contributed by atoms with E-state index in [4.69, 9.17) is 9.84 Å². The quantitative estimate of drug-likeness (QED) is 0.577. The van der Waals surface area contributed by atoms with Crippen LogP contribution < -0.4 is 10.6 Å². The fourth-order valence-corrected chi connectivity index (χ4v) is 1.14. The van der Waals surface area contributed by atoms with Gasteiger partial charge in [0.15, 0.2) is 0 Å². The molecule has 7 heteroatoms. The summed E-state index contributed by atoms with van der Waals surface area (Å²) in [6, 6.07) is -1.66. The SMILES string of the molecule is CC(NC(=O)CO)C(=O)NC(C)C(=O)OC(C)(C)C. The lowest BCUT2D eigenvalue weighted by Crippen LogP contribution is -2.50. The molecule has 2 unspecified atom stereocenters. The van der Waals surface area contributed by atoms with E-state index in [1.54, 1.807) is 20.8 Å². The second-order valence-corrected chi connectivity index (χ2v) is 5.21. The smallest absolute Gasteiger partial charge is 0.328 e. The van der Waals surface area contributed by atoms with Crippen LogP contribution in [0.1, 0.15) is 34.6 Å². The minimum absolute atomic E-state index is 0.528. The maximum absolute atomic E-state index is 11.7. The van der Waals surface area contributed by atoms with E-state index in [0.717, 1.165) is 0 Å². The molecule has 0 fully saturated rings. The van der Waals surface area contributed by atoms with Crippen LogP contribution >= 0.6 is 0 Å². The standard InChI is InChI=1S/C12H22N2O5/c1-7(13-9(16)6-15)10(17)14-8(2)11(18)19-12(3,4)5/h7-8,15H,6H2,1-5H3,(H,13,16)(H,14,17). The number of hydrogen-bond donors (Lipinski definition) is 3. The molecule has 3 N–H and O–H groups in total. The van der Waals surface area contributed by atoms with Crippen molar-refractivity contribution in [2.24, 2.45) is 0 Å². The van der Waals surface area contributed by atoms with E-state index in [-0.39, 0.29) is 0 Å². The Morgan fingerprint density at radius 1 is 1.11 bits per heavy atom. The number of hydrogen-bond acceptors (Lipinski definition) is 5. The van der Waals surface area contributed by atoms with Gasteiger partial charge in [-0.1, -0.05) is 0 Å². The molecular formula is C12H22N2O5. The van der Waals surface area contributed by atoms with E-state index in [1.165, 1.54) is 13.8 Å². The van der Waals surface area contributed by atoms with E-state index in [2.05, 4.69) is 10.6 Å². The molecule has 2 amide bonds. The molecule has 0 saturated heterocycles. The fraction of sp³-hybridized carbons (Fsp3) is 0.750. The number of nitrogens with one attached hydrogen (secondary N) is 2. The van der Waals surface area contributed by atoms with Crippen molar-refractivity contribution in [1.29, 1.82) is 0 Å². The Morgan fingerprint density at radius 2 is 1.63 bits per heavy atom. The van der Waals surface area contributed by atoms with Gasteiger partial charge in [-0.15, -0.1) is 0 Å². The summed E-state index contributed by atoms with van der Waals surface area (Å²) in [5.74, 6) is -1.74. The first-order chi connectivity index (χ1) is 8.56. The van der Waals surface area contributed by atoms with Gasteiger partial charge in [-0.3, -0.25) is 9.59 Å². The minimum Gasteiger partial charge on any atom is -0.458 e. The van der Waals surface area contributed by atoms with Crippen LogP contribution in [-0.4, -0.2) is 47.2 Å². The average Bonchev–Trinajstić information content (AvgIpc) is 2.26. The third-order valence-corrected chi connectivity index (χ3v) is 2.03. The van der Waals surface area contributed by atoms with Crippen LogP contribution in [0.3, 0.4) is 0 Å². The summed E-state index contributed by atoms with van der Waals surface area (Å²) in [5.41, 5.74) is -0.632. The van der Waals surface area contributed by atoms with Gasteiger partial charge in [-0.25, -0.2) is 4.79 Å². The maximum Gasteiger partial charge on any atom is 0.328 e. The molecule has 0 aromatic rings. The topological polar surface area (TPSA) is 105 Å². The highest BCUT2D eigenvalue weighted by Gasteiger charge is 2.25. The molecule has 110 valence electrons. The number of aliphatic hydroxyl groups is 1. The lowest BCUT2D eigenvalue weighted by Gasteiger charge is -2.23. The number of amides is 2. The average molecular weight is 274 g/mol. The van der Waals surface area contributed by atoms with Gasteiger partial charge < -0.3 is 20.5 Å². The molecule has 0 saturated carbocycles. The van der Waals surface area contributed by atoms with E-state index >= 15 is 0 Å². The summed E-state index contributed by atoms with van der Waals surface area (Å²) in [6.45, 7) is 7.42. The number of carbonyl (C=O) groups is 3. The lowest BCUT2D eigenvalue weighted by molar-refractivity contribution is -0.158. The molecule has 19 heavy (non-hydrogen) atoms. The Morgan fingerprint density at radius 3 is 2.05 bits per heavy atom. The minimum atomic E-state index is -0.843. The van der Waals surface area contributed by atoms with Gasteiger partial charge in [0.2, 0.25) is 11.8 Å². The second-order valence-electron chi connectivity index (χ2n) is 5.21. The Labute approximate surface area is 112 Å². The van der Waals surface area contributed by atoms with Crippen molar-refractivity contribution in [2.75, 3.05) is 6.61 Å². The maximum atomic E-state index is 11.7. The fourth-order valence-electron chi connectivity index (χ4n) is 1.14. The highest BCUT2D eigenvalue weighted by Crippen LogP contribution is 2.08. The normalized spacial score (nSPS) is 14.2. The van der Waals surface area contributed by atoms with E-state index in [0.29, 0.717) is 0 Å². The van der Waals surface area contributed by atoms with E-state index < -0.39 is 42.1 Å². The summed E-state index contributed by atoms with van der Waals surface area (Å²) in [7, 11) is 0. The molecule has 0 spiro atoms. The number of rotatable bonds is 5. The van der Waals surface area contributed by atoms with Gasteiger partial charge in [0.25, 0.3) is 0 Å². The molecular weight excluding hydrogens is 252 g/mol. The van der Waals surface area contributed by atoms with Crippen molar-refractivity contribution in [2.45, 2.75) is 52.3 Å². The Bertz CT molecular complexity index is 349. The third kappa shape index (κ3) is 7.40. The second kappa shape index (κ2) is 7.08. The predicted molar refractivity (Wildman–Crippen MR) is 68.1 cm³/mol. The number of carbonyl (C=O) groups excluding carboxylic acids is 3. The first-order valence-electron chi connectivity index (χ1n) is 6.00. The van der Waals surface area contributed by atoms with Crippen LogP contribution in [0, 0.1) is 0 Å². The van der Waals surface area contributed by atoms with E-state index in [1.807, 2.05) is 0 Å². The Hall–Kier alpha value is -1.63. The van der Waals surface area contributed by atoms with Gasteiger partial charge >= 0.3 is 5.97 Å². The van der Waals surface area contributed by atoms with Crippen LogP contribution in [0.25, 0.3) is 0 Å². The van der Waals surface area contributed by atoms with Crippen LogP contribution in [0.5, 0.6) is 0 Å². The summed E-state index contributed by atoms with van der Waals surface area (Å²) in [5, 5.41) is 13.2. The Kier molecular flexibility index (Phi) is 6.47. The molecule has 0 aromatic carbocycles. The first kappa shape index (κ1) is 17.4. The van der Waals surface area contributed by atoms with Crippen LogP contribution in [0.15, 0.2) is 0 Å². The highest BCUT2D eigenvalue weighted by atomic mass is 16.6. The van der Waals surface area contributed by atoms with Gasteiger partial charge in [0.05, 0.1) is 0 Å². The van der Waals surface area contributed by atoms with Crippen molar-refractivity contribution >= 4 is 17.8 Å². The van der Waals surface area contributed by atoms with Gasteiger partial charge in [-0.05, 0) is 34.6 Å². The summed E-state index contributed by atoms with van der Waals surface area (Å²) in [6.07, 6.45) is 0. The van der Waals surface area contributed by atoms with Gasteiger partial charge in [-0.2, -0.15) is 0 Å². The monoisotopic (exact) mass is 274 g/mol. The number of esters is 1. The molecule has 0 aliphatic carbocycles. The molecule has 0 radical (unpaired) electrons.